The van der Waals surface area contributed by atoms with Crippen LogP contribution in [0.1, 0.15) is 0 Å². The summed E-state index contributed by atoms with van der Waals surface area (Å²) < 4.78 is 0. The standard InChI is InChI=1S/C2H6B2N2/c1-2-5-4-6-3-1/h5-6H,1-2H2. The van der Waals surface area contributed by atoms with E-state index in [1.54, 1.807) is 0 Å². The van der Waals surface area contributed by atoms with Crippen molar-refractivity contribution in [2.24, 2.45) is 0 Å². The summed E-state index contributed by atoms with van der Waals surface area (Å²) in [6, 6.07) is 0. The van der Waals surface area contributed by atoms with Gasteiger partial charge in [-0.3, -0.25) is 0 Å². The van der Waals surface area contributed by atoms with Crippen LogP contribution in [0, 0.1) is 0 Å². The predicted octanol–water partition coefficient (Wildman–Crippen LogP) is -1.25. The van der Waals surface area contributed by atoms with Gasteiger partial charge in [0.2, 0.25) is 0 Å². The second-order valence-corrected chi connectivity index (χ2v) is 1.26. The molecule has 0 aliphatic carbocycles. The zero-order valence-corrected chi connectivity index (χ0v) is 3.57. The Bertz CT molecular complexity index is 25.0. The van der Waals surface area contributed by atoms with Crippen molar-refractivity contribution in [1.29, 1.82) is 0 Å². The smallest absolute Gasteiger partial charge is 0.294 e. The van der Waals surface area contributed by atoms with E-state index >= 15 is 0 Å². The van der Waals surface area contributed by atoms with Crippen molar-refractivity contribution in [3.63, 3.8) is 0 Å². The third-order valence-electron chi connectivity index (χ3n) is 0.736. The Labute approximate surface area is 39.2 Å². The predicted molar refractivity (Wildman–Crippen MR) is 27.5 cm³/mol. The number of rotatable bonds is 0. The molecule has 2 radical (unpaired) electrons. The zero-order chi connectivity index (χ0) is 4.24. The molecule has 0 saturated carbocycles. The van der Waals surface area contributed by atoms with E-state index in [0.29, 0.717) is 0 Å². The van der Waals surface area contributed by atoms with Crippen LogP contribution in [0.15, 0.2) is 0 Å². The van der Waals surface area contributed by atoms with Crippen molar-refractivity contribution >= 4 is 15.0 Å². The van der Waals surface area contributed by atoms with Crippen LogP contribution in [0.2, 0.25) is 6.32 Å². The molecule has 1 aliphatic heterocycles. The molecule has 0 aromatic heterocycles. The topological polar surface area (TPSA) is 24.1 Å². The van der Waals surface area contributed by atoms with Gasteiger partial charge in [-0.15, -0.1) is 0 Å². The maximum absolute atomic E-state index is 3.02. The lowest BCUT2D eigenvalue weighted by Crippen LogP contribution is -2.42. The van der Waals surface area contributed by atoms with Gasteiger partial charge in [-0.25, -0.2) is 0 Å². The van der Waals surface area contributed by atoms with Gasteiger partial charge in [0, 0.05) is 0 Å². The molecule has 1 heterocycles. The van der Waals surface area contributed by atoms with E-state index in [1.807, 2.05) is 15.0 Å². The van der Waals surface area contributed by atoms with Crippen molar-refractivity contribution in [3.05, 3.63) is 0 Å². The lowest BCUT2D eigenvalue weighted by Gasteiger charge is -2.07. The quantitative estimate of drug-likeness (QED) is 0.355. The molecule has 6 heavy (non-hydrogen) atoms. The molecule has 30 valence electrons. The molecule has 0 bridgehead atoms. The maximum Gasteiger partial charge on any atom is 0.294 e. The summed E-state index contributed by atoms with van der Waals surface area (Å²) in [5, 5.41) is 5.94. The highest BCUT2D eigenvalue weighted by Crippen LogP contribution is 1.72. The molecular formula is C2H6B2N2. The Morgan fingerprint density at radius 1 is 1.50 bits per heavy atom. The molecule has 1 rings (SSSR count). The van der Waals surface area contributed by atoms with Gasteiger partial charge in [-0.2, -0.15) is 0 Å². The fourth-order valence-corrected chi connectivity index (χ4v) is 0.429. The normalized spacial score (nSPS) is 21.3. The van der Waals surface area contributed by atoms with Crippen LogP contribution in [0.5, 0.6) is 0 Å². The Morgan fingerprint density at radius 2 is 2.50 bits per heavy atom. The monoisotopic (exact) mass is 80.1 g/mol. The molecular weight excluding hydrogens is 73.7 g/mol. The first kappa shape index (κ1) is 4.22. The first-order valence-electron chi connectivity index (χ1n) is 2.13. The van der Waals surface area contributed by atoms with Crippen LogP contribution >= 0.6 is 0 Å². The van der Waals surface area contributed by atoms with Crippen molar-refractivity contribution in [2.45, 2.75) is 6.32 Å². The summed E-state index contributed by atoms with van der Waals surface area (Å²) in [6.07, 6.45) is 1.12. The average Bonchev–Trinajstić information content (AvgIpc) is 1.72. The van der Waals surface area contributed by atoms with E-state index in [2.05, 4.69) is 10.4 Å². The van der Waals surface area contributed by atoms with Crippen LogP contribution in [-0.2, 0) is 0 Å². The van der Waals surface area contributed by atoms with Crippen LogP contribution < -0.4 is 10.4 Å². The minimum absolute atomic E-state index is 1.08. The molecule has 2 N–H and O–H groups in total. The fraction of sp³-hybridized carbons (Fsp3) is 1.00. The van der Waals surface area contributed by atoms with Gasteiger partial charge in [0.15, 0.2) is 7.41 Å². The Balaban J connectivity index is 2.00. The average molecular weight is 79.7 g/mol. The molecule has 0 atom stereocenters. The van der Waals surface area contributed by atoms with E-state index in [0.717, 1.165) is 12.9 Å². The summed E-state index contributed by atoms with van der Waals surface area (Å²) in [5.41, 5.74) is 0. The third-order valence-corrected chi connectivity index (χ3v) is 0.736. The fourth-order valence-electron chi connectivity index (χ4n) is 0.429. The van der Waals surface area contributed by atoms with Gasteiger partial charge in [0.25, 0.3) is 7.55 Å². The van der Waals surface area contributed by atoms with Crippen LogP contribution in [0.3, 0.4) is 0 Å². The van der Waals surface area contributed by atoms with E-state index < -0.39 is 0 Å². The molecule has 1 saturated heterocycles. The summed E-state index contributed by atoms with van der Waals surface area (Å²) >= 11 is 0. The second kappa shape index (κ2) is 2.26. The minimum atomic E-state index is 1.08. The van der Waals surface area contributed by atoms with E-state index in [4.69, 9.17) is 0 Å². The Kier molecular flexibility index (Phi) is 1.59. The molecule has 0 spiro atoms. The highest BCUT2D eigenvalue weighted by atomic mass is 14.9. The number of nitrogens with one attached hydrogen (secondary N) is 2. The largest absolute Gasteiger partial charge is 0.392 e. The van der Waals surface area contributed by atoms with Crippen LogP contribution in [-0.4, -0.2) is 21.5 Å². The molecule has 1 fully saturated rings. The van der Waals surface area contributed by atoms with Gasteiger partial charge >= 0.3 is 0 Å². The molecule has 2 nitrogen and oxygen atoms in total. The van der Waals surface area contributed by atoms with Gasteiger partial charge < -0.3 is 10.4 Å². The summed E-state index contributed by atoms with van der Waals surface area (Å²) in [4.78, 5) is 0. The summed E-state index contributed by atoms with van der Waals surface area (Å²) in [7, 11) is 3.86. The van der Waals surface area contributed by atoms with Crippen molar-refractivity contribution in [1.82, 2.24) is 10.4 Å². The summed E-state index contributed by atoms with van der Waals surface area (Å²) in [6.45, 7) is 1.08. The minimum Gasteiger partial charge on any atom is -0.392 e. The maximum atomic E-state index is 3.02. The molecule has 0 amide bonds. The number of hydrogen-bond acceptors (Lipinski definition) is 2. The van der Waals surface area contributed by atoms with Crippen LogP contribution in [0.4, 0.5) is 0 Å². The van der Waals surface area contributed by atoms with Crippen molar-refractivity contribution < 1.29 is 0 Å². The van der Waals surface area contributed by atoms with Gasteiger partial charge in [0.1, 0.15) is 0 Å². The summed E-state index contributed by atoms with van der Waals surface area (Å²) in [5.74, 6) is 0. The molecule has 0 aromatic rings. The lowest BCUT2D eigenvalue weighted by atomic mass is 9.80. The van der Waals surface area contributed by atoms with Gasteiger partial charge in [-0.05, 0) is 6.54 Å². The van der Waals surface area contributed by atoms with Crippen molar-refractivity contribution in [3.8, 4) is 0 Å². The van der Waals surface area contributed by atoms with Gasteiger partial charge in [-0.1, -0.05) is 6.32 Å². The van der Waals surface area contributed by atoms with Crippen LogP contribution in [0.25, 0.3) is 0 Å². The molecule has 0 aromatic carbocycles. The lowest BCUT2D eigenvalue weighted by molar-refractivity contribution is 0.954. The Morgan fingerprint density at radius 3 is 2.67 bits per heavy atom. The first-order chi connectivity index (χ1) is 3.00. The van der Waals surface area contributed by atoms with Crippen molar-refractivity contribution in [2.75, 3.05) is 6.54 Å². The van der Waals surface area contributed by atoms with E-state index in [-0.39, 0.29) is 0 Å². The molecule has 1 aliphatic rings. The first-order valence-corrected chi connectivity index (χ1v) is 2.13. The molecule has 0 unspecified atom stereocenters. The third kappa shape index (κ3) is 1.03. The number of hydrogen-bond donors (Lipinski definition) is 2. The zero-order valence-electron chi connectivity index (χ0n) is 3.57. The molecule has 4 heteroatoms. The van der Waals surface area contributed by atoms with E-state index in [1.165, 1.54) is 0 Å². The highest BCUT2D eigenvalue weighted by Gasteiger charge is 1.97. The van der Waals surface area contributed by atoms with E-state index in [9.17, 15) is 0 Å². The van der Waals surface area contributed by atoms with Gasteiger partial charge in [0.05, 0.1) is 0 Å². The second-order valence-electron chi connectivity index (χ2n) is 1.26. The Hall–Kier alpha value is 0.0499. The SMILES string of the molecule is [B]1CCN[B]N1. The highest BCUT2D eigenvalue weighted by molar-refractivity contribution is 6.50.